The molecule has 2 N–H and O–H groups in total. The van der Waals surface area contributed by atoms with Crippen LogP contribution in [0.2, 0.25) is 10.0 Å². The molecule has 0 saturated carbocycles. The Morgan fingerprint density at radius 2 is 1.84 bits per heavy atom. The van der Waals surface area contributed by atoms with Crippen molar-refractivity contribution in [2.75, 3.05) is 0 Å². The highest BCUT2D eigenvalue weighted by Crippen LogP contribution is 2.31. The summed E-state index contributed by atoms with van der Waals surface area (Å²) in [6, 6.07) is 10.7. The van der Waals surface area contributed by atoms with Crippen LogP contribution in [0.15, 0.2) is 36.4 Å². The van der Waals surface area contributed by atoms with Gasteiger partial charge in [-0.1, -0.05) is 47.0 Å². The Balaban J connectivity index is 2.37. The van der Waals surface area contributed by atoms with Crippen molar-refractivity contribution in [2.45, 2.75) is 6.92 Å². The van der Waals surface area contributed by atoms with Crippen molar-refractivity contribution in [1.29, 1.82) is 0 Å². The van der Waals surface area contributed by atoms with Crippen molar-refractivity contribution in [3.63, 3.8) is 0 Å². The highest BCUT2D eigenvalue weighted by Gasteiger charge is 2.09. The SMILES string of the molecule is Cc1ccc(Oc2ccc(Cl)c(Cl)c2)c(C(N)=S)c1. The van der Waals surface area contributed by atoms with E-state index < -0.39 is 0 Å². The molecule has 0 saturated heterocycles. The number of benzene rings is 2. The van der Waals surface area contributed by atoms with Gasteiger partial charge in [-0.25, -0.2) is 0 Å². The zero-order valence-corrected chi connectivity index (χ0v) is 12.4. The predicted molar refractivity (Wildman–Crippen MR) is 83.6 cm³/mol. The van der Waals surface area contributed by atoms with Crippen LogP contribution < -0.4 is 10.5 Å². The molecular formula is C14H11Cl2NOS. The molecule has 98 valence electrons. The molecule has 0 aromatic heterocycles. The predicted octanol–water partition coefficient (Wildman–Crippen LogP) is 4.73. The molecule has 0 aliphatic carbocycles. The van der Waals surface area contributed by atoms with E-state index in [-0.39, 0.29) is 0 Å². The highest BCUT2D eigenvalue weighted by atomic mass is 35.5. The van der Waals surface area contributed by atoms with Gasteiger partial charge < -0.3 is 10.5 Å². The van der Waals surface area contributed by atoms with Crippen molar-refractivity contribution in [3.8, 4) is 11.5 Å². The number of rotatable bonds is 3. The molecule has 0 aliphatic heterocycles. The van der Waals surface area contributed by atoms with E-state index >= 15 is 0 Å². The average molecular weight is 312 g/mol. The summed E-state index contributed by atoms with van der Waals surface area (Å²) in [6.07, 6.45) is 0. The number of halogens is 2. The minimum atomic E-state index is 0.291. The largest absolute Gasteiger partial charge is 0.457 e. The highest BCUT2D eigenvalue weighted by molar-refractivity contribution is 7.80. The Morgan fingerprint density at radius 3 is 2.47 bits per heavy atom. The van der Waals surface area contributed by atoms with E-state index in [1.807, 2.05) is 25.1 Å². The maximum absolute atomic E-state index is 5.95. The van der Waals surface area contributed by atoms with Gasteiger partial charge in [-0.15, -0.1) is 0 Å². The van der Waals surface area contributed by atoms with Crippen molar-refractivity contribution < 1.29 is 4.74 Å². The van der Waals surface area contributed by atoms with Crippen molar-refractivity contribution in [1.82, 2.24) is 0 Å². The lowest BCUT2D eigenvalue weighted by atomic mass is 10.1. The monoisotopic (exact) mass is 311 g/mol. The molecule has 0 amide bonds. The number of nitrogens with two attached hydrogens (primary N) is 1. The van der Waals surface area contributed by atoms with Gasteiger partial charge >= 0.3 is 0 Å². The fourth-order valence-electron chi connectivity index (χ4n) is 1.59. The molecule has 19 heavy (non-hydrogen) atoms. The fourth-order valence-corrected chi connectivity index (χ4v) is 2.04. The van der Waals surface area contributed by atoms with Gasteiger partial charge in [0.2, 0.25) is 0 Å². The van der Waals surface area contributed by atoms with Crippen LogP contribution in [0.25, 0.3) is 0 Å². The summed E-state index contributed by atoms with van der Waals surface area (Å²) in [6.45, 7) is 1.96. The zero-order valence-electron chi connectivity index (χ0n) is 10.1. The molecule has 0 radical (unpaired) electrons. The summed E-state index contributed by atoms with van der Waals surface area (Å²) in [7, 11) is 0. The van der Waals surface area contributed by atoms with Crippen LogP contribution >= 0.6 is 35.4 Å². The average Bonchev–Trinajstić information content (AvgIpc) is 2.36. The van der Waals surface area contributed by atoms with Gasteiger partial charge in [0.15, 0.2) is 0 Å². The van der Waals surface area contributed by atoms with E-state index in [0.717, 1.165) is 5.56 Å². The number of hydrogen-bond donors (Lipinski definition) is 1. The second-order valence-electron chi connectivity index (χ2n) is 4.04. The molecule has 0 heterocycles. The normalized spacial score (nSPS) is 10.3. The van der Waals surface area contributed by atoms with Crippen LogP contribution in [0.3, 0.4) is 0 Å². The second-order valence-corrected chi connectivity index (χ2v) is 5.30. The minimum absolute atomic E-state index is 0.291. The Morgan fingerprint density at radius 1 is 1.11 bits per heavy atom. The van der Waals surface area contributed by atoms with Gasteiger partial charge in [0.1, 0.15) is 16.5 Å². The van der Waals surface area contributed by atoms with Crippen LogP contribution in [0, 0.1) is 6.92 Å². The molecule has 0 fully saturated rings. The van der Waals surface area contributed by atoms with Crippen LogP contribution in [-0.4, -0.2) is 4.99 Å². The van der Waals surface area contributed by atoms with Gasteiger partial charge in [0, 0.05) is 6.07 Å². The summed E-state index contributed by atoms with van der Waals surface area (Å²) < 4.78 is 5.75. The second kappa shape index (κ2) is 5.78. The molecule has 0 unspecified atom stereocenters. The van der Waals surface area contributed by atoms with Gasteiger partial charge in [-0.3, -0.25) is 0 Å². The van der Waals surface area contributed by atoms with Crippen molar-refractivity contribution in [2.24, 2.45) is 5.73 Å². The minimum Gasteiger partial charge on any atom is -0.457 e. The maximum Gasteiger partial charge on any atom is 0.137 e. The van der Waals surface area contributed by atoms with E-state index in [0.29, 0.717) is 32.1 Å². The lowest BCUT2D eigenvalue weighted by molar-refractivity contribution is 0.481. The lowest BCUT2D eigenvalue weighted by Gasteiger charge is -2.11. The summed E-state index contributed by atoms with van der Waals surface area (Å²) >= 11 is 16.8. The van der Waals surface area contributed by atoms with E-state index in [1.54, 1.807) is 18.2 Å². The first kappa shape index (κ1) is 14.1. The van der Waals surface area contributed by atoms with E-state index in [2.05, 4.69) is 0 Å². The first-order chi connectivity index (χ1) is 8.97. The molecular weight excluding hydrogens is 301 g/mol. The van der Waals surface area contributed by atoms with E-state index in [1.165, 1.54) is 0 Å². The summed E-state index contributed by atoms with van der Waals surface area (Å²) in [5.41, 5.74) is 7.45. The summed E-state index contributed by atoms with van der Waals surface area (Å²) in [5, 5.41) is 0.913. The zero-order chi connectivity index (χ0) is 14.0. The first-order valence-corrected chi connectivity index (χ1v) is 6.67. The molecule has 2 aromatic rings. The van der Waals surface area contributed by atoms with Gasteiger partial charge in [-0.05, 0) is 31.2 Å². The molecule has 0 aliphatic rings. The molecule has 2 rings (SSSR count). The number of thiocarbonyl (C=S) groups is 1. The Labute approximate surface area is 127 Å². The van der Waals surface area contributed by atoms with E-state index in [4.69, 9.17) is 45.9 Å². The summed E-state index contributed by atoms with van der Waals surface area (Å²) in [4.78, 5) is 0.291. The molecule has 0 atom stereocenters. The third-order valence-corrected chi connectivity index (χ3v) is 3.48. The molecule has 0 bridgehead atoms. The number of hydrogen-bond acceptors (Lipinski definition) is 2. The number of aryl methyl sites for hydroxylation is 1. The smallest absolute Gasteiger partial charge is 0.137 e. The van der Waals surface area contributed by atoms with Gasteiger partial charge in [0.05, 0.1) is 15.6 Å². The molecule has 2 nitrogen and oxygen atoms in total. The fraction of sp³-hybridized carbons (Fsp3) is 0.0714. The van der Waals surface area contributed by atoms with Crippen LogP contribution in [0.4, 0.5) is 0 Å². The lowest BCUT2D eigenvalue weighted by Crippen LogP contribution is -2.11. The molecule has 0 spiro atoms. The van der Waals surface area contributed by atoms with Crippen molar-refractivity contribution >= 4 is 40.4 Å². The number of ether oxygens (including phenoxy) is 1. The first-order valence-electron chi connectivity index (χ1n) is 5.51. The topological polar surface area (TPSA) is 35.2 Å². The Bertz CT molecular complexity index is 643. The Hall–Kier alpha value is -1.29. The van der Waals surface area contributed by atoms with Gasteiger partial charge in [0.25, 0.3) is 0 Å². The van der Waals surface area contributed by atoms with E-state index in [9.17, 15) is 0 Å². The molecule has 2 aromatic carbocycles. The van der Waals surface area contributed by atoms with Crippen molar-refractivity contribution in [3.05, 3.63) is 57.6 Å². The quantitative estimate of drug-likeness (QED) is 0.832. The standard InChI is InChI=1S/C14H11Cl2NOS/c1-8-2-5-13(10(6-8)14(17)19)18-9-3-4-11(15)12(16)7-9/h2-7H,1H3,(H2,17,19). The molecule has 5 heteroatoms. The van der Waals surface area contributed by atoms with Crippen LogP contribution in [0.5, 0.6) is 11.5 Å². The Kier molecular flexibility index (Phi) is 4.30. The van der Waals surface area contributed by atoms with Crippen LogP contribution in [-0.2, 0) is 0 Å². The third kappa shape index (κ3) is 3.38. The summed E-state index contributed by atoms with van der Waals surface area (Å²) in [5.74, 6) is 1.17. The maximum atomic E-state index is 5.95. The van der Waals surface area contributed by atoms with Crippen LogP contribution in [0.1, 0.15) is 11.1 Å². The van der Waals surface area contributed by atoms with Gasteiger partial charge in [-0.2, -0.15) is 0 Å². The third-order valence-electron chi connectivity index (χ3n) is 2.52.